The van der Waals surface area contributed by atoms with Gasteiger partial charge in [-0.2, -0.15) is 0 Å². The first-order chi connectivity index (χ1) is 39.2. The van der Waals surface area contributed by atoms with Crippen LogP contribution in [0, 0.1) is 0 Å². The summed E-state index contributed by atoms with van der Waals surface area (Å²) in [6, 6.07) is 31.2. The summed E-state index contributed by atoms with van der Waals surface area (Å²) in [5, 5.41) is 12.8. The van der Waals surface area contributed by atoms with Crippen LogP contribution >= 0.6 is 0 Å². The van der Waals surface area contributed by atoms with Gasteiger partial charge in [-0.25, -0.2) is 4.98 Å². The van der Waals surface area contributed by atoms with Crippen molar-refractivity contribution < 1.29 is 28.4 Å². The van der Waals surface area contributed by atoms with Gasteiger partial charge in [0.1, 0.15) is 11.6 Å². The van der Waals surface area contributed by atoms with Crippen LogP contribution in [-0.2, 0) is 21.7 Å². The number of pyridine rings is 1. The van der Waals surface area contributed by atoms with Gasteiger partial charge in [-0.05, 0) is 120 Å². The summed E-state index contributed by atoms with van der Waals surface area (Å²) < 4.78 is 152. The molecule has 0 atom stereocenters. The molecule has 0 spiro atoms. The molecule has 0 unspecified atom stereocenters. The van der Waals surface area contributed by atoms with Crippen molar-refractivity contribution in [1.29, 1.82) is 0 Å². The summed E-state index contributed by atoms with van der Waals surface area (Å²) in [7, 11) is 0. The molecule has 1 N–H and O–H groups in total. The highest BCUT2D eigenvalue weighted by Gasteiger charge is 2.30. The molecule has 9 aromatic rings. The number of aromatic nitrogens is 3. The molecule has 342 valence electrons. The van der Waals surface area contributed by atoms with Crippen molar-refractivity contribution >= 4 is 11.0 Å². The van der Waals surface area contributed by atoms with Crippen LogP contribution in [0.25, 0.3) is 83.9 Å². The van der Waals surface area contributed by atoms with Crippen molar-refractivity contribution in [3.63, 3.8) is 0 Å². The maximum absolute atomic E-state index is 12.8. The first kappa shape index (κ1) is 29.7. The van der Waals surface area contributed by atoms with E-state index in [9.17, 15) is 6.48 Å². The zero-order chi connectivity index (χ0) is 62.8. The fourth-order valence-electron chi connectivity index (χ4n) is 8.58. The van der Waals surface area contributed by atoms with Crippen LogP contribution < -0.4 is 0 Å². The summed E-state index contributed by atoms with van der Waals surface area (Å²) in [4.78, 5) is 9.71. The van der Waals surface area contributed by atoms with Crippen LogP contribution in [0.15, 0.2) is 170 Å². The van der Waals surface area contributed by atoms with E-state index in [-0.39, 0.29) is 39.2 Å². The molecule has 68 heavy (non-hydrogen) atoms. The maximum Gasteiger partial charge on any atom is 0.149 e. The molecule has 0 saturated heterocycles. The molecule has 9 rings (SSSR count). The predicted octanol–water partition coefficient (Wildman–Crippen LogP) is 17.3. The first-order valence-corrected chi connectivity index (χ1v) is 22.6. The second-order valence-electron chi connectivity index (χ2n) is 20.5. The van der Waals surface area contributed by atoms with E-state index in [0.29, 0.717) is 22.3 Å². The number of phenols is 1. The van der Waals surface area contributed by atoms with Gasteiger partial charge in [0.15, 0.2) is 0 Å². The molecule has 0 amide bonds. The molecule has 0 aliphatic carbocycles. The molecule has 2 heterocycles. The van der Waals surface area contributed by atoms with E-state index in [4.69, 9.17) is 26.9 Å². The highest BCUT2D eigenvalue weighted by Crippen LogP contribution is 2.46. The average molecular weight is 909 g/mol. The molecule has 0 saturated carbocycles. The lowest BCUT2D eigenvalue weighted by Gasteiger charge is -2.27. The molecule has 0 aliphatic heterocycles. The van der Waals surface area contributed by atoms with Gasteiger partial charge in [0, 0.05) is 40.8 Å². The fraction of sp³-hybridized carbons (Fsp3) is 0.250. The minimum atomic E-state index is -3.80. The molecule has 0 aliphatic rings. The Morgan fingerprint density at radius 2 is 1.18 bits per heavy atom. The minimum Gasteiger partial charge on any atom is -0.507 e. The Kier molecular flexibility index (Phi) is 7.52. The quantitative estimate of drug-likeness (QED) is 0.173. The lowest BCUT2D eigenvalue weighted by atomic mass is 9.79. The third-order valence-corrected chi connectivity index (χ3v) is 12.4. The fourth-order valence-corrected chi connectivity index (χ4v) is 8.58. The number of rotatable bonds is 7. The molecular weight excluding hydrogens is 827 g/mol. The highest BCUT2D eigenvalue weighted by molar-refractivity contribution is 5.98. The van der Waals surface area contributed by atoms with Crippen molar-refractivity contribution in [3.8, 4) is 78.6 Å². The molecule has 0 fully saturated rings. The second kappa shape index (κ2) is 17.2. The van der Waals surface area contributed by atoms with E-state index in [0.717, 1.165) is 45.5 Å². The van der Waals surface area contributed by atoms with E-state index >= 15 is 0 Å². The lowest BCUT2D eigenvalue weighted by Crippen LogP contribution is -2.17. The molecule has 4 heteroatoms. The number of phenolic OH excluding ortho intramolecular Hbond substituents is 1. The number of nitrogens with zero attached hydrogens (tertiary/aromatic N) is 3. The van der Waals surface area contributed by atoms with Gasteiger partial charge < -0.3 is 5.11 Å². The van der Waals surface area contributed by atoms with E-state index in [1.807, 2.05) is 79.9 Å². The van der Waals surface area contributed by atoms with Crippen LogP contribution in [0.5, 0.6) is 5.75 Å². The standard InChI is InChI=1S/C64H65N3O/c1-61(2,3)48-29-26-42(27-30-48)44-28-31-56(52(37-44)43-22-17-14-18-23-43)67-57-25-19-24-51(58(57)66-60(67)53-39-50(63(7,8)9)40-54(59(53)68)64(10,11)12)46-34-47(36-49(35-46)62(4,5)6)55-38-45(32-33-65-55)41-20-15-13-16-21-41/h13-40,68H,1-12H3/i4D3,5D3,6D3,13D,15D,16D,20D,21D,32D,33D,38D. The van der Waals surface area contributed by atoms with Crippen LogP contribution in [0.2, 0.25) is 0 Å². The number of hydrogen-bond donors (Lipinski definition) is 1. The Bertz CT molecular complexity index is 4060. The van der Waals surface area contributed by atoms with Crippen molar-refractivity contribution in [1.82, 2.24) is 14.5 Å². The van der Waals surface area contributed by atoms with Crippen LogP contribution in [-0.4, -0.2) is 19.6 Å². The Morgan fingerprint density at radius 1 is 0.500 bits per heavy atom. The topological polar surface area (TPSA) is 50.9 Å². The number of benzene rings is 7. The predicted molar refractivity (Wildman–Crippen MR) is 288 cm³/mol. The van der Waals surface area contributed by atoms with E-state index < -0.39 is 108 Å². The Labute approximate surface area is 428 Å². The number of hydrogen-bond acceptors (Lipinski definition) is 3. The highest BCUT2D eigenvalue weighted by atomic mass is 16.3. The minimum absolute atomic E-state index is 0.0242. The van der Waals surface area contributed by atoms with Gasteiger partial charge in [0.25, 0.3) is 0 Å². The Hall–Kier alpha value is -7.04. The zero-order valence-corrected chi connectivity index (χ0v) is 39.8. The van der Waals surface area contributed by atoms with Crippen molar-refractivity contribution in [3.05, 3.63) is 192 Å². The monoisotopic (exact) mass is 909 g/mol. The Balaban J connectivity index is 1.46. The van der Waals surface area contributed by atoms with Gasteiger partial charge in [-0.15, -0.1) is 0 Å². The third-order valence-electron chi connectivity index (χ3n) is 12.4. The molecule has 0 radical (unpaired) electrons. The number of fused-ring (bicyclic) bond motifs is 1. The van der Waals surface area contributed by atoms with Crippen LogP contribution in [0.1, 0.15) is 128 Å². The summed E-state index contributed by atoms with van der Waals surface area (Å²) >= 11 is 0. The summed E-state index contributed by atoms with van der Waals surface area (Å²) in [5.41, 5.74) is 0.329. The van der Waals surface area contributed by atoms with Gasteiger partial charge in [0.05, 0.1) is 38.9 Å². The molecule has 7 aromatic carbocycles. The molecule has 2 aromatic heterocycles. The molecular formula is C64H65N3O. The number of imidazole rings is 1. The second-order valence-corrected chi connectivity index (χ2v) is 20.5. The average Bonchev–Trinajstić information content (AvgIpc) is 2.71. The lowest BCUT2D eigenvalue weighted by molar-refractivity contribution is 0.446. The first-order valence-electron chi connectivity index (χ1n) is 31.1. The third kappa shape index (κ3) is 9.05. The van der Waals surface area contributed by atoms with Crippen molar-refractivity contribution in [2.75, 3.05) is 0 Å². The van der Waals surface area contributed by atoms with E-state index in [2.05, 4.69) is 76.9 Å². The van der Waals surface area contributed by atoms with Gasteiger partial charge >= 0.3 is 0 Å². The summed E-state index contributed by atoms with van der Waals surface area (Å²) in [5.74, 6) is 0.211. The van der Waals surface area contributed by atoms with Crippen LogP contribution in [0.3, 0.4) is 0 Å². The largest absolute Gasteiger partial charge is 0.507 e. The van der Waals surface area contributed by atoms with Gasteiger partial charge in [-0.3, -0.25) is 9.55 Å². The summed E-state index contributed by atoms with van der Waals surface area (Å²) in [6.07, 6.45) is -0.840. The normalized spacial score (nSPS) is 16.6. The molecule has 4 nitrogen and oxygen atoms in total. The molecule has 0 bridgehead atoms. The van der Waals surface area contributed by atoms with Crippen molar-refractivity contribution in [2.24, 2.45) is 0 Å². The number of aromatic hydroxyl groups is 1. The van der Waals surface area contributed by atoms with Gasteiger partial charge in [-0.1, -0.05) is 198 Å². The van der Waals surface area contributed by atoms with Gasteiger partial charge in [0.2, 0.25) is 0 Å². The smallest absolute Gasteiger partial charge is 0.149 e. The maximum atomic E-state index is 12.8. The zero-order valence-electron chi connectivity index (χ0n) is 56.8. The van der Waals surface area contributed by atoms with E-state index in [1.54, 1.807) is 18.2 Å². The van der Waals surface area contributed by atoms with E-state index in [1.165, 1.54) is 6.07 Å². The summed E-state index contributed by atoms with van der Waals surface area (Å²) in [6.45, 7) is 7.23. The Morgan fingerprint density at radius 3 is 1.85 bits per heavy atom. The van der Waals surface area contributed by atoms with Crippen molar-refractivity contribution in [2.45, 2.75) is 105 Å². The van der Waals surface area contributed by atoms with Crippen LogP contribution in [0.4, 0.5) is 0 Å². The SMILES string of the molecule is [2H]c1nc(-c2cc(-c3cccc4c3nc(-c3cc(C(C)(C)C)cc(C(C)(C)C)c3O)n4-c3ccc(-c4ccc(C(C)(C)C)cc4)cc3-c3ccccc3)cc(C(C([2H])([2H])[2H])(C([2H])([2H])[2H])C([2H])([2H])[2H])c2)c([2H])c(-c2c([2H])c([2H])c([2H])c([2H])c2[2H])c1[2H]. The number of para-hydroxylation sites is 1.